The van der Waals surface area contributed by atoms with Gasteiger partial charge in [-0.15, -0.1) is 0 Å². The molecule has 0 saturated heterocycles. The van der Waals surface area contributed by atoms with Crippen LogP contribution in [0.1, 0.15) is 13.9 Å². The van der Waals surface area contributed by atoms with Crippen molar-refractivity contribution in [2.24, 2.45) is 0 Å². The Morgan fingerprint density at radius 1 is 1.54 bits per heavy atom. The minimum Gasteiger partial charge on any atom is -0.399 e. The number of carbonyl (C=O) groups excluding carboxylic acids is 1. The second-order valence-corrected chi connectivity index (χ2v) is 2.23. The molecule has 0 bridgehead atoms. The first-order valence-corrected chi connectivity index (χ1v) is 3.92. The van der Waals surface area contributed by atoms with Crippen LogP contribution >= 0.6 is 0 Å². The van der Waals surface area contributed by atoms with E-state index in [1.807, 2.05) is 38.0 Å². The molecule has 0 aliphatic heterocycles. The first-order valence-electron chi connectivity index (χ1n) is 3.92. The Morgan fingerprint density at radius 3 is 2.23 bits per heavy atom. The minimum atomic E-state index is 0. The van der Waals surface area contributed by atoms with Crippen molar-refractivity contribution in [3.8, 4) is 0 Å². The molecule has 0 saturated carbocycles. The van der Waals surface area contributed by atoms with Gasteiger partial charge < -0.3 is 15.6 Å². The van der Waals surface area contributed by atoms with Crippen LogP contribution in [-0.2, 0) is 4.79 Å². The standard InChI is InChI=1S/C7H9N.C2H6O.CH2O.H2/c1-6-3-2-4-7(8)5-6;1-2-3;1-2;/h2-5H,8H2,1H3;3H,2H2,1H3;1H2;1H. The number of aliphatic hydroxyl groups is 1. The molecule has 0 aliphatic carbocycles. The van der Waals surface area contributed by atoms with E-state index in [2.05, 4.69) is 0 Å². The quantitative estimate of drug-likeness (QED) is 0.604. The normalized spacial score (nSPS) is 7.31. The Morgan fingerprint density at radius 2 is 2.00 bits per heavy atom. The highest BCUT2D eigenvalue weighted by Crippen LogP contribution is 2.03. The zero-order chi connectivity index (χ0) is 10.7. The third kappa shape index (κ3) is 10.7. The smallest absolute Gasteiger partial charge is 0.106 e. The summed E-state index contributed by atoms with van der Waals surface area (Å²) in [5, 5.41) is 7.57. The number of aliphatic hydroxyl groups excluding tert-OH is 1. The lowest BCUT2D eigenvalue weighted by Crippen LogP contribution is -1.82. The summed E-state index contributed by atoms with van der Waals surface area (Å²) in [4.78, 5) is 8.00. The highest BCUT2D eigenvalue weighted by atomic mass is 16.2. The molecule has 0 aliphatic rings. The minimum absolute atomic E-state index is 0. The van der Waals surface area contributed by atoms with Crippen LogP contribution in [0.4, 0.5) is 5.69 Å². The van der Waals surface area contributed by atoms with Gasteiger partial charge >= 0.3 is 0 Å². The Hall–Kier alpha value is -1.35. The molecular weight excluding hydrogens is 166 g/mol. The van der Waals surface area contributed by atoms with E-state index in [0.717, 1.165) is 5.69 Å². The molecular formula is C10H19NO2. The number of aryl methyl sites for hydroxylation is 1. The highest BCUT2D eigenvalue weighted by Gasteiger charge is 1.81. The van der Waals surface area contributed by atoms with Crippen LogP contribution in [0.25, 0.3) is 0 Å². The lowest BCUT2D eigenvalue weighted by molar-refractivity contribution is -0.0979. The van der Waals surface area contributed by atoms with E-state index < -0.39 is 0 Å². The molecule has 3 heteroatoms. The van der Waals surface area contributed by atoms with E-state index in [1.165, 1.54) is 5.56 Å². The van der Waals surface area contributed by atoms with Crippen molar-refractivity contribution in [2.45, 2.75) is 13.8 Å². The van der Waals surface area contributed by atoms with Gasteiger partial charge in [0.2, 0.25) is 0 Å². The molecule has 0 amide bonds. The van der Waals surface area contributed by atoms with Gasteiger partial charge in [0.05, 0.1) is 0 Å². The van der Waals surface area contributed by atoms with Gasteiger partial charge in [-0.3, -0.25) is 0 Å². The summed E-state index contributed by atoms with van der Waals surface area (Å²) in [6, 6.07) is 7.80. The number of nitrogens with two attached hydrogens (primary N) is 1. The molecule has 0 spiro atoms. The van der Waals surface area contributed by atoms with Crippen LogP contribution in [0.3, 0.4) is 0 Å². The van der Waals surface area contributed by atoms with Gasteiger partial charge in [-0.05, 0) is 31.5 Å². The molecule has 0 heterocycles. The summed E-state index contributed by atoms with van der Waals surface area (Å²) in [7, 11) is 0. The predicted molar refractivity (Wildman–Crippen MR) is 57.6 cm³/mol. The molecule has 0 radical (unpaired) electrons. The number of rotatable bonds is 0. The maximum Gasteiger partial charge on any atom is 0.106 e. The fourth-order valence-electron chi connectivity index (χ4n) is 0.670. The van der Waals surface area contributed by atoms with Gasteiger partial charge in [0.25, 0.3) is 0 Å². The van der Waals surface area contributed by atoms with Gasteiger partial charge in [-0.1, -0.05) is 12.1 Å². The average Bonchev–Trinajstić information content (AvgIpc) is 2.08. The first kappa shape index (κ1) is 14.2. The van der Waals surface area contributed by atoms with Crippen molar-refractivity contribution in [2.75, 3.05) is 12.3 Å². The molecule has 3 N–H and O–H groups in total. The van der Waals surface area contributed by atoms with Crippen LogP contribution in [0.2, 0.25) is 0 Å². The number of anilines is 1. The summed E-state index contributed by atoms with van der Waals surface area (Å²) >= 11 is 0. The maximum absolute atomic E-state index is 8.00. The highest BCUT2D eigenvalue weighted by molar-refractivity contribution is 5.39. The molecule has 1 aromatic rings. The van der Waals surface area contributed by atoms with Crippen molar-refractivity contribution in [1.29, 1.82) is 0 Å². The molecule has 0 fully saturated rings. The summed E-state index contributed by atoms with van der Waals surface area (Å²) in [5.41, 5.74) is 7.51. The van der Waals surface area contributed by atoms with Crippen LogP contribution in [0, 0.1) is 6.92 Å². The second kappa shape index (κ2) is 10.7. The molecule has 13 heavy (non-hydrogen) atoms. The summed E-state index contributed by atoms with van der Waals surface area (Å²) in [6.07, 6.45) is 0. The van der Waals surface area contributed by atoms with Crippen LogP contribution in [-0.4, -0.2) is 18.5 Å². The molecule has 3 nitrogen and oxygen atoms in total. The predicted octanol–water partition coefficient (Wildman–Crippen LogP) is 1.64. The van der Waals surface area contributed by atoms with Crippen molar-refractivity contribution in [1.82, 2.24) is 0 Å². The van der Waals surface area contributed by atoms with Crippen molar-refractivity contribution in [3.63, 3.8) is 0 Å². The summed E-state index contributed by atoms with van der Waals surface area (Å²) in [6.45, 7) is 5.95. The van der Waals surface area contributed by atoms with Gasteiger partial charge in [0.15, 0.2) is 0 Å². The van der Waals surface area contributed by atoms with Crippen molar-refractivity contribution in [3.05, 3.63) is 29.8 Å². The van der Waals surface area contributed by atoms with Gasteiger partial charge in [0.1, 0.15) is 6.79 Å². The van der Waals surface area contributed by atoms with E-state index in [0.29, 0.717) is 0 Å². The number of nitrogen functional groups attached to an aromatic ring is 1. The Balaban J connectivity index is -0.000000176. The Bertz CT molecular complexity index is 202. The van der Waals surface area contributed by atoms with Crippen LogP contribution in [0.5, 0.6) is 0 Å². The van der Waals surface area contributed by atoms with Gasteiger partial charge in [0, 0.05) is 13.7 Å². The fourth-order valence-corrected chi connectivity index (χ4v) is 0.670. The SMILES string of the molecule is C=O.CCO.Cc1cccc(N)c1.[HH]. The first-order chi connectivity index (χ1) is 6.20. The van der Waals surface area contributed by atoms with Gasteiger partial charge in [-0.2, -0.15) is 0 Å². The molecule has 1 aromatic carbocycles. The van der Waals surface area contributed by atoms with E-state index in [-0.39, 0.29) is 8.03 Å². The van der Waals surface area contributed by atoms with Crippen molar-refractivity contribution >= 4 is 12.5 Å². The third-order valence-electron chi connectivity index (χ3n) is 1.04. The zero-order valence-electron chi connectivity index (χ0n) is 8.16. The van der Waals surface area contributed by atoms with E-state index >= 15 is 0 Å². The molecule has 1 rings (SSSR count). The largest absolute Gasteiger partial charge is 0.399 e. The third-order valence-corrected chi connectivity index (χ3v) is 1.04. The lowest BCUT2D eigenvalue weighted by Gasteiger charge is -1.91. The van der Waals surface area contributed by atoms with Crippen molar-refractivity contribution < 1.29 is 11.3 Å². The number of hydrogen-bond acceptors (Lipinski definition) is 3. The number of carbonyl (C=O) groups is 1. The average molecular weight is 185 g/mol. The Kier molecular flexibility index (Phi) is 11.6. The molecule has 0 aromatic heterocycles. The van der Waals surface area contributed by atoms with Gasteiger partial charge in [-0.25, -0.2) is 0 Å². The van der Waals surface area contributed by atoms with E-state index in [4.69, 9.17) is 15.6 Å². The number of hydrogen-bond donors (Lipinski definition) is 2. The molecule has 0 unspecified atom stereocenters. The maximum atomic E-state index is 8.00. The van der Waals surface area contributed by atoms with Crippen LogP contribution < -0.4 is 5.73 Å². The van der Waals surface area contributed by atoms with Crippen LogP contribution in [0.15, 0.2) is 24.3 Å². The fraction of sp³-hybridized carbons (Fsp3) is 0.300. The topological polar surface area (TPSA) is 63.3 Å². The molecule has 0 atom stereocenters. The second-order valence-electron chi connectivity index (χ2n) is 2.23. The Labute approximate surface area is 80.7 Å². The summed E-state index contributed by atoms with van der Waals surface area (Å²) < 4.78 is 0. The van der Waals surface area contributed by atoms with E-state index in [9.17, 15) is 0 Å². The van der Waals surface area contributed by atoms with E-state index in [1.54, 1.807) is 6.92 Å². The zero-order valence-corrected chi connectivity index (χ0v) is 8.16. The lowest BCUT2D eigenvalue weighted by atomic mass is 10.2. The monoisotopic (exact) mass is 185 g/mol. The summed E-state index contributed by atoms with van der Waals surface area (Å²) in [5.74, 6) is 0. The number of benzene rings is 1. The molecule has 76 valence electrons.